The number of ether oxygens (including phenoxy) is 1. The molecule has 0 saturated heterocycles. The molecule has 0 aliphatic carbocycles. The summed E-state index contributed by atoms with van der Waals surface area (Å²) in [5.41, 5.74) is 8.46. The number of nitrogens with two attached hydrogens (primary N) is 1. The standard InChI is InChI=1S/C13H12N6O/c1-18-6-9(5-16-18)8-3-11(20-2)12-10(4-14)13(15)17-19(12)7-8/h3,5-7H,1-2H3,(H2,15,17). The monoisotopic (exact) mass is 268 g/mol. The summed E-state index contributed by atoms with van der Waals surface area (Å²) in [7, 11) is 3.39. The van der Waals surface area contributed by atoms with Crippen LogP contribution >= 0.6 is 0 Å². The van der Waals surface area contributed by atoms with E-state index in [4.69, 9.17) is 15.7 Å². The fourth-order valence-electron chi connectivity index (χ4n) is 2.15. The molecule has 3 aromatic heterocycles. The summed E-state index contributed by atoms with van der Waals surface area (Å²) in [6, 6.07) is 3.89. The maximum absolute atomic E-state index is 9.16. The molecule has 0 fully saturated rings. The van der Waals surface area contributed by atoms with Crippen molar-refractivity contribution in [1.29, 1.82) is 5.26 Å². The van der Waals surface area contributed by atoms with Gasteiger partial charge in [-0.2, -0.15) is 10.4 Å². The molecule has 3 aromatic rings. The lowest BCUT2D eigenvalue weighted by Crippen LogP contribution is -1.94. The summed E-state index contributed by atoms with van der Waals surface area (Å²) in [5, 5.41) is 17.4. The highest BCUT2D eigenvalue weighted by Crippen LogP contribution is 2.31. The summed E-state index contributed by atoms with van der Waals surface area (Å²) in [4.78, 5) is 0. The summed E-state index contributed by atoms with van der Waals surface area (Å²) >= 11 is 0. The van der Waals surface area contributed by atoms with E-state index in [-0.39, 0.29) is 5.82 Å². The molecule has 0 saturated carbocycles. The van der Waals surface area contributed by atoms with Crippen molar-refractivity contribution in [2.75, 3.05) is 12.8 Å². The minimum Gasteiger partial charge on any atom is -0.494 e. The number of methoxy groups -OCH3 is 1. The maximum atomic E-state index is 9.16. The van der Waals surface area contributed by atoms with E-state index in [0.717, 1.165) is 11.1 Å². The molecular weight excluding hydrogens is 256 g/mol. The average molecular weight is 268 g/mol. The highest BCUT2D eigenvalue weighted by atomic mass is 16.5. The fourth-order valence-corrected chi connectivity index (χ4v) is 2.15. The van der Waals surface area contributed by atoms with E-state index < -0.39 is 0 Å². The third-order valence-electron chi connectivity index (χ3n) is 3.09. The quantitative estimate of drug-likeness (QED) is 0.753. The Labute approximate surface area is 114 Å². The van der Waals surface area contributed by atoms with Gasteiger partial charge < -0.3 is 10.5 Å². The van der Waals surface area contributed by atoms with E-state index in [1.807, 2.05) is 19.3 Å². The van der Waals surface area contributed by atoms with Crippen LogP contribution in [0.4, 0.5) is 5.82 Å². The van der Waals surface area contributed by atoms with Crippen LogP contribution in [-0.2, 0) is 7.05 Å². The SMILES string of the molecule is COc1cc(-c2cnn(C)c2)cn2nc(N)c(C#N)c12. The van der Waals surface area contributed by atoms with Gasteiger partial charge in [0, 0.05) is 30.6 Å². The molecule has 0 spiro atoms. The van der Waals surface area contributed by atoms with Crippen LogP contribution < -0.4 is 10.5 Å². The van der Waals surface area contributed by atoms with E-state index in [2.05, 4.69) is 16.3 Å². The van der Waals surface area contributed by atoms with Crippen molar-refractivity contribution in [2.24, 2.45) is 7.05 Å². The van der Waals surface area contributed by atoms with Gasteiger partial charge in [-0.15, -0.1) is 5.10 Å². The van der Waals surface area contributed by atoms with Crippen molar-refractivity contribution < 1.29 is 4.74 Å². The van der Waals surface area contributed by atoms with E-state index in [1.165, 1.54) is 0 Å². The number of nitrogen functional groups attached to an aromatic ring is 1. The largest absolute Gasteiger partial charge is 0.494 e. The van der Waals surface area contributed by atoms with Gasteiger partial charge in [0.15, 0.2) is 5.82 Å². The number of hydrogen-bond acceptors (Lipinski definition) is 5. The lowest BCUT2D eigenvalue weighted by Gasteiger charge is -2.06. The second kappa shape index (κ2) is 4.28. The van der Waals surface area contributed by atoms with Crippen LogP contribution in [0, 0.1) is 11.3 Å². The molecular formula is C13H12N6O. The van der Waals surface area contributed by atoms with E-state index in [9.17, 15) is 0 Å². The Morgan fingerprint density at radius 2 is 2.15 bits per heavy atom. The second-order valence-corrected chi connectivity index (χ2v) is 4.37. The van der Waals surface area contributed by atoms with Crippen molar-refractivity contribution in [1.82, 2.24) is 19.4 Å². The van der Waals surface area contributed by atoms with Gasteiger partial charge in [0.2, 0.25) is 0 Å². The Morgan fingerprint density at radius 1 is 1.35 bits per heavy atom. The molecule has 100 valence electrons. The van der Waals surface area contributed by atoms with Gasteiger partial charge in [-0.25, -0.2) is 4.52 Å². The maximum Gasteiger partial charge on any atom is 0.164 e. The molecule has 0 atom stereocenters. The van der Waals surface area contributed by atoms with E-state index in [0.29, 0.717) is 16.8 Å². The van der Waals surface area contributed by atoms with Gasteiger partial charge in [-0.05, 0) is 6.07 Å². The summed E-state index contributed by atoms with van der Waals surface area (Å²) in [6.45, 7) is 0. The molecule has 20 heavy (non-hydrogen) atoms. The van der Waals surface area contributed by atoms with E-state index in [1.54, 1.807) is 28.7 Å². The molecule has 3 heterocycles. The molecule has 0 radical (unpaired) electrons. The van der Waals surface area contributed by atoms with Crippen LogP contribution in [0.25, 0.3) is 16.6 Å². The first-order chi connectivity index (χ1) is 9.63. The van der Waals surface area contributed by atoms with Crippen molar-refractivity contribution in [3.8, 4) is 22.9 Å². The smallest absolute Gasteiger partial charge is 0.164 e. The average Bonchev–Trinajstić information content (AvgIpc) is 3.00. The van der Waals surface area contributed by atoms with Gasteiger partial charge in [0.05, 0.1) is 13.3 Å². The van der Waals surface area contributed by atoms with Gasteiger partial charge in [0.1, 0.15) is 22.9 Å². The van der Waals surface area contributed by atoms with Crippen molar-refractivity contribution in [3.63, 3.8) is 0 Å². The number of aromatic nitrogens is 4. The molecule has 0 unspecified atom stereocenters. The Morgan fingerprint density at radius 3 is 2.75 bits per heavy atom. The number of rotatable bonds is 2. The number of anilines is 1. The number of fused-ring (bicyclic) bond motifs is 1. The van der Waals surface area contributed by atoms with Crippen molar-refractivity contribution in [3.05, 3.63) is 30.2 Å². The number of nitriles is 1. The molecule has 3 rings (SSSR count). The highest BCUT2D eigenvalue weighted by molar-refractivity contribution is 5.79. The predicted molar refractivity (Wildman–Crippen MR) is 73.1 cm³/mol. The normalized spacial score (nSPS) is 10.7. The van der Waals surface area contributed by atoms with Crippen molar-refractivity contribution in [2.45, 2.75) is 0 Å². The fraction of sp³-hybridized carbons (Fsp3) is 0.154. The highest BCUT2D eigenvalue weighted by Gasteiger charge is 2.16. The van der Waals surface area contributed by atoms with Crippen LogP contribution in [0.1, 0.15) is 5.56 Å². The first kappa shape index (κ1) is 12.0. The van der Waals surface area contributed by atoms with Gasteiger partial charge in [-0.1, -0.05) is 0 Å². The lowest BCUT2D eigenvalue weighted by atomic mass is 10.1. The van der Waals surface area contributed by atoms with E-state index >= 15 is 0 Å². The first-order valence-electron chi connectivity index (χ1n) is 5.89. The summed E-state index contributed by atoms with van der Waals surface area (Å²) < 4.78 is 8.63. The molecule has 0 bridgehead atoms. The van der Waals surface area contributed by atoms with Crippen LogP contribution in [0.2, 0.25) is 0 Å². The summed E-state index contributed by atoms with van der Waals surface area (Å²) in [5.74, 6) is 0.737. The van der Waals surface area contributed by atoms with Crippen LogP contribution in [0.15, 0.2) is 24.7 Å². The Kier molecular flexibility index (Phi) is 2.57. The van der Waals surface area contributed by atoms with Crippen LogP contribution in [0.5, 0.6) is 5.75 Å². The molecule has 0 aliphatic rings. The zero-order valence-electron chi connectivity index (χ0n) is 11.0. The van der Waals surface area contributed by atoms with Crippen molar-refractivity contribution >= 4 is 11.3 Å². The minimum atomic E-state index is 0.189. The number of pyridine rings is 1. The Hall–Kier alpha value is -3.01. The number of nitrogens with zero attached hydrogens (tertiary/aromatic N) is 5. The Bertz CT molecular complexity index is 839. The molecule has 0 amide bonds. The molecule has 7 heteroatoms. The zero-order valence-corrected chi connectivity index (χ0v) is 11.0. The van der Waals surface area contributed by atoms with Crippen LogP contribution in [-0.4, -0.2) is 26.5 Å². The topological polar surface area (TPSA) is 94.2 Å². The van der Waals surface area contributed by atoms with Crippen LogP contribution in [0.3, 0.4) is 0 Å². The first-order valence-corrected chi connectivity index (χ1v) is 5.89. The number of hydrogen-bond donors (Lipinski definition) is 1. The lowest BCUT2D eigenvalue weighted by molar-refractivity contribution is 0.417. The molecule has 0 aliphatic heterocycles. The van der Waals surface area contributed by atoms with Gasteiger partial charge >= 0.3 is 0 Å². The minimum absolute atomic E-state index is 0.189. The molecule has 7 nitrogen and oxygen atoms in total. The molecule has 0 aromatic carbocycles. The third kappa shape index (κ3) is 1.66. The number of aryl methyl sites for hydroxylation is 1. The Balaban J connectivity index is 2.31. The second-order valence-electron chi connectivity index (χ2n) is 4.37. The summed E-state index contributed by atoms with van der Waals surface area (Å²) in [6.07, 6.45) is 5.43. The molecule has 2 N–H and O–H groups in total. The van der Waals surface area contributed by atoms with Gasteiger partial charge in [-0.3, -0.25) is 4.68 Å². The van der Waals surface area contributed by atoms with Gasteiger partial charge in [0.25, 0.3) is 0 Å². The zero-order chi connectivity index (χ0) is 14.3. The predicted octanol–water partition coefficient (Wildman–Crippen LogP) is 1.20. The third-order valence-corrected chi connectivity index (χ3v) is 3.09.